The SMILES string of the molecule is CCC[CH2][Sn][CH2]CCC.O=C(O)c1ccc2c(c1)OCCOCCOCCOCCOCCO2. The van der Waals surface area contributed by atoms with E-state index in [2.05, 4.69) is 13.8 Å². The van der Waals surface area contributed by atoms with Crippen molar-refractivity contribution in [3.63, 3.8) is 0 Å². The van der Waals surface area contributed by atoms with Gasteiger partial charge in [0.15, 0.2) is 11.5 Å². The van der Waals surface area contributed by atoms with Crippen LogP contribution in [-0.2, 0) is 18.9 Å². The molecule has 1 aromatic carbocycles. The summed E-state index contributed by atoms with van der Waals surface area (Å²) in [5.74, 6) is -0.193. The quantitative estimate of drug-likeness (QED) is 0.371. The van der Waals surface area contributed by atoms with Gasteiger partial charge in [-0.15, -0.1) is 0 Å². The zero-order chi connectivity index (χ0) is 24.7. The van der Waals surface area contributed by atoms with Gasteiger partial charge in [0.2, 0.25) is 0 Å². The molecule has 8 nitrogen and oxygen atoms in total. The predicted octanol–water partition coefficient (Wildman–Crippen LogP) is 4.35. The second-order valence-electron chi connectivity index (χ2n) is 7.57. The van der Waals surface area contributed by atoms with Crippen LogP contribution in [0.5, 0.6) is 11.5 Å². The monoisotopic (exact) mass is 590 g/mol. The number of hydrogen-bond donors (Lipinski definition) is 1. The molecular weight excluding hydrogens is 547 g/mol. The number of unbranched alkanes of at least 4 members (excludes halogenated alkanes) is 2. The van der Waals surface area contributed by atoms with Crippen LogP contribution in [0.2, 0.25) is 8.87 Å². The van der Waals surface area contributed by atoms with Gasteiger partial charge >= 0.3 is 75.5 Å². The van der Waals surface area contributed by atoms with Crippen molar-refractivity contribution in [1.29, 1.82) is 0 Å². The molecule has 0 spiro atoms. The van der Waals surface area contributed by atoms with Crippen LogP contribution in [0.15, 0.2) is 18.2 Å². The van der Waals surface area contributed by atoms with Crippen LogP contribution in [0.25, 0.3) is 0 Å². The van der Waals surface area contributed by atoms with Gasteiger partial charge in [-0.1, -0.05) is 0 Å². The average Bonchev–Trinajstić information content (AvgIpc) is 2.84. The second-order valence-corrected chi connectivity index (χ2v) is 11.9. The van der Waals surface area contributed by atoms with Gasteiger partial charge in [-0.25, -0.2) is 4.79 Å². The standard InChI is InChI=1S/C17H24O8.2C4H9.Sn/c18-17(19)14-1-2-15-16(13-14)25-12-10-23-8-6-21-4-3-20-5-7-22-9-11-24-15;2*1-3-4-2;/h1-2,13H,3-12H2,(H,18,19);2*1,3-4H2,2H3;. The van der Waals surface area contributed by atoms with Crippen LogP contribution < -0.4 is 9.47 Å². The number of carbonyl (C=O) groups is 1. The second kappa shape index (κ2) is 22.4. The summed E-state index contributed by atoms with van der Waals surface area (Å²) in [6.45, 7) is 8.84. The van der Waals surface area contributed by atoms with Crippen LogP contribution >= 0.6 is 0 Å². The number of aromatic carboxylic acids is 1. The number of fused-ring (bicyclic) bond motifs is 1. The fourth-order valence-electron chi connectivity index (χ4n) is 2.78. The van der Waals surface area contributed by atoms with Gasteiger partial charge in [0, 0.05) is 0 Å². The fraction of sp³-hybridized carbons (Fsp3) is 0.720. The summed E-state index contributed by atoms with van der Waals surface area (Å²) in [6, 6.07) is 4.49. The molecule has 9 heteroatoms. The summed E-state index contributed by atoms with van der Waals surface area (Å²) < 4.78 is 36.0. The molecule has 2 rings (SSSR count). The third-order valence-electron chi connectivity index (χ3n) is 4.69. The molecule has 0 saturated heterocycles. The maximum atomic E-state index is 11.1. The van der Waals surface area contributed by atoms with E-state index in [1.807, 2.05) is 0 Å². The maximum absolute atomic E-state index is 11.1. The summed E-state index contributed by atoms with van der Waals surface area (Å²) in [5, 5.41) is 9.10. The maximum Gasteiger partial charge on any atom is 0.335 e. The first-order valence-electron chi connectivity index (χ1n) is 12.3. The van der Waals surface area contributed by atoms with Gasteiger partial charge in [0.05, 0.1) is 58.4 Å². The molecule has 194 valence electrons. The minimum absolute atomic E-state index is 0.132. The number of benzene rings is 1. The normalized spacial score (nSPS) is 16.4. The zero-order valence-corrected chi connectivity index (χ0v) is 23.7. The number of carboxylic acid groups (broad SMARTS) is 1. The Morgan fingerprint density at radius 1 is 0.735 bits per heavy atom. The van der Waals surface area contributed by atoms with E-state index in [1.165, 1.54) is 37.8 Å². The Kier molecular flexibility index (Phi) is 20.4. The van der Waals surface area contributed by atoms with Crippen molar-refractivity contribution in [2.24, 2.45) is 0 Å². The largest absolute Gasteiger partial charge is 0.487 e. The van der Waals surface area contributed by atoms with Crippen LogP contribution in [0.3, 0.4) is 0 Å². The van der Waals surface area contributed by atoms with Crippen molar-refractivity contribution in [1.82, 2.24) is 0 Å². The molecule has 1 N–H and O–H groups in total. The minimum Gasteiger partial charge on any atom is -0.487 e. The number of ether oxygens (including phenoxy) is 6. The van der Waals surface area contributed by atoms with Crippen molar-refractivity contribution in [3.05, 3.63) is 23.8 Å². The molecule has 0 amide bonds. The molecule has 0 atom stereocenters. The van der Waals surface area contributed by atoms with Crippen LogP contribution in [0, 0.1) is 0 Å². The molecule has 1 aromatic rings. The first kappa shape index (κ1) is 31.0. The summed E-state index contributed by atoms with van der Waals surface area (Å²) in [6.07, 6.45) is 5.84. The van der Waals surface area contributed by atoms with Gasteiger partial charge < -0.3 is 33.5 Å². The molecule has 0 saturated carbocycles. The Hall–Kier alpha value is -1.07. The molecule has 1 aliphatic rings. The first-order valence-corrected chi connectivity index (χ1v) is 16.4. The zero-order valence-electron chi connectivity index (χ0n) is 20.9. The summed E-state index contributed by atoms with van der Waals surface area (Å²) in [4.78, 5) is 11.1. The molecular formula is C25H42O8Sn. The van der Waals surface area contributed by atoms with Crippen molar-refractivity contribution in [3.8, 4) is 11.5 Å². The summed E-state index contributed by atoms with van der Waals surface area (Å²) in [5.41, 5.74) is 0.132. The summed E-state index contributed by atoms with van der Waals surface area (Å²) >= 11 is 0.149. The van der Waals surface area contributed by atoms with Gasteiger partial charge in [-0.3, -0.25) is 0 Å². The van der Waals surface area contributed by atoms with Gasteiger partial charge in [0.25, 0.3) is 0 Å². The molecule has 2 radical (unpaired) electrons. The average molecular weight is 589 g/mol. The van der Waals surface area contributed by atoms with E-state index >= 15 is 0 Å². The smallest absolute Gasteiger partial charge is 0.335 e. The predicted molar refractivity (Wildman–Crippen MR) is 133 cm³/mol. The van der Waals surface area contributed by atoms with Gasteiger partial charge in [-0.2, -0.15) is 0 Å². The Morgan fingerprint density at radius 2 is 1.18 bits per heavy atom. The minimum atomic E-state index is -1.03. The van der Waals surface area contributed by atoms with E-state index in [9.17, 15) is 4.79 Å². The molecule has 0 aliphatic carbocycles. The third-order valence-corrected chi connectivity index (χ3v) is 8.73. The van der Waals surface area contributed by atoms with E-state index in [1.54, 1.807) is 14.9 Å². The first-order chi connectivity index (χ1) is 16.7. The molecule has 1 aliphatic heterocycles. The Labute approximate surface area is 214 Å². The Bertz CT molecular complexity index is 623. The van der Waals surface area contributed by atoms with E-state index in [-0.39, 0.29) is 33.3 Å². The van der Waals surface area contributed by atoms with Crippen LogP contribution in [-0.4, -0.2) is 98.3 Å². The van der Waals surface area contributed by atoms with E-state index in [0.717, 1.165) is 0 Å². The molecule has 0 aromatic heterocycles. The van der Waals surface area contributed by atoms with Crippen LogP contribution in [0.1, 0.15) is 49.9 Å². The molecule has 34 heavy (non-hydrogen) atoms. The van der Waals surface area contributed by atoms with Crippen molar-refractivity contribution in [2.75, 3.05) is 66.1 Å². The molecule has 0 fully saturated rings. The topological polar surface area (TPSA) is 92.7 Å². The summed E-state index contributed by atoms with van der Waals surface area (Å²) in [7, 11) is 0. The van der Waals surface area contributed by atoms with E-state index in [4.69, 9.17) is 33.5 Å². The number of rotatable bonds is 7. The van der Waals surface area contributed by atoms with Crippen molar-refractivity contribution >= 4 is 27.1 Å². The molecule has 1 heterocycles. The van der Waals surface area contributed by atoms with Crippen molar-refractivity contribution < 1.29 is 38.3 Å². The van der Waals surface area contributed by atoms with Crippen LogP contribution in [0.4, 0.5) is 0 Å². The van der Waals surface area contributed by atoms with Gasteiger partial charge in [0.1, 0.15) is 13.2 Å². The van der Waals surface area contributed by atoms with E-state index in [0.29, 0.717) is 71.0 Å². The number of hydrogen-bond acceptors (Lipinski definition) is 7. The third kappa shape index (κ3) is 16.5. The molecule has 0 bridgehead atoms. The van der Waals surface area contributed by atoms with E-state index < -0.39 is 5.97 Å². The van der Waals surface area contributed by atoms with Gasteiger partial charge in [-0.05, 0) is 18.2 Å². The fourth-order valence-corrected chi connectivity index (χ4v) is 6.94. The number of carboxylic acids is 1. The Balaban J connectivity index is 0.000000546. The van der Waals surface area contributed by atoms with Crippen molar-refractivity contribution in [2.45, 2.75) is 48.4 Å². The molecule has 0 unspecified atom stereocenters. The Morgan fingerprint density at radius 3 is 1.62 bits per heavy atom.